The third-order valence-corrected chi connectivity index (χ3v) is 5.09. The number of carbonyl (C=O) groups is 1. The van der Waals surface area contributed by atoms with Crippen molar-refractivity contribution in [2.24, 2.45) is 0 Å². The molecule has 6 nitrogen and oxygen atoms in total. The maximum Gasteiger partial charge on any atom is 0.304 e. The van der Waals surface area contributed by atoms with Crippen molar-refractivity contribution in [3.63, 3.8) is 0 Å². The molecule has 1 N–H and O–H groups in total. The summed E-state index contributed by atoms with van der Waals surface area (Å²) in [5.74, 6) is -0.356. The van der Waals surface area contributed by atoms with Crippen LogP contribution in [-0.2, 0) is 11.3 Å². The third kappa shape index (κ3) is 3.31. The Morgan fingerprint density at radius 1 is 1.35 bits per heavy atom. The molecule has 2 aromatic rings. The SMILES string of the molecule is C=CCn1c(C)c(C)[n+]([O-])c1C(CC(=O)O)c1ccc(OC)c(C)c1C. The van der Waals surface area contributed by atoms with Crippen LogP contribution in [0.3, 0.4) is 0 Å². The molecule has 1 atom stereocenters. The molecule has 0 radical (unpaired) electrons. The third-order valence-electron chi connectivity index (χ3n) is 5.09. The van der Waals surface area contributed by atoms with E-state index in [1.54, 1.807) is 20.1 Å². The average molecular weight is 358 g/mol. The summed E-state index contributed by atoms with van der Waals surface area (Å²) in [6.07, 6.45) is 1.54. The molecule has 140 valence electrons. The van der Waals surface area contributed by atoms with Gasteiger partial charge in [0.25, 0.3) is 5.82 Å². The minimum atomic E-state index is -0.954. The smallest absolute Gasteiger partial charge is 0.304 e. The highest BCUT2D eigenvalue weighted by molar-refractivity contribution is 5.69. The number of allylic oxidation sites excluding steroid dienone is 1. The fourth-order valence-electron chi connectivity index (χ4n) is 3.42. The molecule has 0 amide bonds. The van der Waals surface area contributed by atoms with Crippen molar-refractivity contribution < 1.29 is 19.4 Å². The largest absolute Gasteiger partial charge is 0.711 e. The Labute approximate surface area is 153 Å². The molecule has 1 aromatic carbocycles. The van der Waals surface area contributed by atoms with E-state index in [0.29, 0.717) is 18.1 Å². The van der Waals surface area contributed by atoms with E-state index in [4.69, 9.17) is 4.74 Å². The van der Waals surface area contributed by atoms with Gasteiger partial charge in [0.1, 0.15) is 23.7 Å². The van der Waals surface area contributed by atoms with E-state index < -0.39 is 11.9 Å². The maximum atomic E-state index is 12.8. The Bertz CT molecular complexity index is 852. The molecular weight excluding hydrogens is 332 g/mol. The van der Waals surface area contributed by atoms with Gasteiger partial charge in [-0.15, -0.1) is 0 Å². The number of carboxylic acids is 1. The lowest BCUT2D eigenvalue weighted by Crippen LogP contribution is -2.36. The summed E-state index contributed by atoms with van der Waals surface area (Å²) in [6.45, 7) is 11.7. The normalized spacial score (nSPS) is 12.0. The van der Waals surface area contributed by atoms with E-state index in [2.05, 4.69) is 6.58 Å². The van der Waals surface area contributed by atoms with Crippen LogP contribution in [0.4, 0.5) is 0 Å². The number of aliphatic carboxylic acids is 1. The molecule has 0 aliphatic carbocycles. The fourth-order valence-corrected chi connectivity index (χ4v) is 3.42. The molecule has 2 rings (SSSR count). The molecule has 0 fully saturated rings. The summed E-state index contributed by atoms with van der Waals surface area (Å²) in [4.78, 5) is 11.6. The molecular formula is C20H26N2O4. The zero-order valence-electron chi connectivity index (χ0n) is 16.0. The van der Waals surface area contributed by atoms with Crippen LogP contribution in [0.5, 0.6) is 5.75 Å². The number of rotatable bonds is 7. The minimum absolute atomic E-state index is 0.172. The predicted octanol–water partition coefficient (Wildman–Crippen LogP) is 3.16. The zero-order valence-corrected chi connectivity index (χ0v) is 16.0. The van der Waals surface area contributed by atoms with Crippen LogP contribution in [0.1, 0.15) is 46.2 Å². The van der Waals surface area contributed by atoms with Crippen molar-refractivity contribution in [2.75, 3.05) is 7.11 Å². The van der Waals surface area contributed by atoms with E-state index in [1.165, 1.54) is 0 Å². The molecule has 0 aliphatic heterocycles. The maximum absolute atomic E-state index is 12.8. The molecule has 0 saturated heterocycles. The fraction of sp³-hybridized carbons (Fsp3) is 0.400. The zero-order chi connectivity index (χ0) is 19.6. The average Bonchev–Trinajstić information content (AvgIpc) is 2.80. The number of carboxylic acid groups (broad SMARTS) is 1. The molecule has 1 heterocycles. The number of aromatic nitrogens is 2. The summed E-state index contributed by atoms with van der Waals surface area (Å²) in [5, 5.41) is 22.3. The van der Waals surface area contributed by atoms with Crippen molar-refractivity contribution in [1.29, 1.82) is 0 Å². The van der Waals surface area contributed by atoms with Gasteiger partial charge in [0.05, 0.1) is 19.4 Å². The summed E-state index contributed by atoms with van der Waals surface area (Å²) in [7, 11) is 1.60. The van der Waals surface area contributed by atoms with Crippen LogP contribution in [0.25, 0.3) is 0 Å². The number of nitrogens with zero attached hydrogens (tertiary/aromatic N) is 2. The van der Waals surface area contributed by atoms with E-state index in [-0.39, 0.29) is 6.42 Å². The Hall–Kier alpha value is -2.76. The topological polar surface area (TPSA) is 78.4 Å². The Morgan fingerprint density at radius 3 is 2.54 bits per heavy atom. The van der Waals surface area contributed by atoms with Crippen LogP contribution in [0.2, 0.25) is 0 Å². The monoisotopic (exact) mass is 358 g/mol. The van der Waals surface area contributed by atoms with Gasteiger partial charge >= 0.3 is 5.97 Å². The van der Waals surface area contributed by atoms with E-state index in [0.717, 1.165) is 32.9 Å². The number of hydrogen-bond acceptors (Lipinski definition) is 3. The lowest BCUT2D eigenvalue weighted by atomic mass is 9.88. The summed E-state index contributed by atoms with van der Waals surface area (Å²) >= 11 is 0. The molecule has 1 aromatic heterocycles. The first-order chi connectivity index (χ1) is 12.2. The van der Waals surface area contributed by atoms with Crippen LogP contribution in [0.15, 0.2) is 24.8 Å². The number of methoxy groups -OCH3 is 1. The molecule has 0 saturated carbocycles. The van der Waals surface area contributed by atoms with Gasteiger partial charge in [0.2, 0.25) is 0 Å². The van der Waals surface area contributed by atoms with Gasteiger partial charge in [-0.1, -0.05) is 18.7 Å². The van der Waals surface area contributed by atoms with Gasteiger partial charge in [0, 0.05) is 13.8 Å². The second-order valence-electron chi connectivity index (χ2n) is 6.48. The number of ether oxygens (including phenoxy) is 1. The first-order valence-electron chi connectivity index (χ1n) is 8.50. The quantitative estimate of drug-likeness (QED) is 0.468. The molecule has 26 heavy (non-hydrogen) atoms. The molecule has 6 heteroatoms. The van der Waals surface area contributed by atoms with Crippen LogP contribution in [0, 0.1) is 32.9 Å². The van der Waals surface area contributed by atoms with Gasteiger partial charge in [0.15, 0.2) is 0 Å². The van der Waals surface area contributed by atoms with Crippen LogP contribution < -0.4 is 9.47 Å². The summed E-state index contributed by atoms with van der Waals surface area (Å²) in [6, 6.07) is 3.67. The number of benzene rings is 1. The summed E-state index contributed by atoms with van der Waals surface area (Å²) in [5.41, 5.74) is 4.07. The van der Waals surface area contributed by atoms with Crippen molar-refractivity contribution in [1.82, 2.24) is 4.57 Å². The van der Waals surface area contributed by atoms with Gasteiger partial charge in [-0.2, -0.15) is 0 Å². The van der Waals surface area contributed by atoms with Crippen LogP contribution >= 0.6 is 0 Å². The molecule has 0 bridgehead atoms. The highest BCUT2D eigenvalue weighted by Gasteiger charge is 2.33. The van der Waals surface area contributed by atoms with Gasteiger partial charge < -0.3 is 15.1 Å². The van der Waals surface area contributed by atoms with Gasteiger partial charge in [-0.05, 0) is 36.6 Å². The molecule has 0 aliphatic rings. The van der Waals surface area contributed by atoms with Crippen molar-refractivity contribution in [2.45, 2.75) is 46.6 Å². The second-order valence-corrected chi connectivity index (χ2v) is 6.48. The Morgan fingerprint density at radius 2 is 2.00 bits per heavy atom. The first-order valence-corrected chi connectivity index (χ1v) is 8.50. The lowest BCUT2D eigenvalue weighted by Gasteiger charge is -2.20. The van der Waals surface area contributed by atoms with Gasteiger partial charge in [-0.3, -0.25) is 4.79 Å². The molecule has 0 spiro atoms. The predicted molar refractivity (Wildman–Crippen MR) is 99.6 cm³/mol. The Kier molecular flexibility index (Phi) is 5.75. The van der Waals surface area contributed by atoms with E-state index >= 15 is 0 Å². The first kappa shape index (κ1) is 19.6. The number of hydrogen-bond donors (Lipinski definition) is 1. The summed E-state index contributed by atoms with van der Waals surface area (Å²) < 4.78 is 8.06. The second kappa shape index (κ2) is 7.64. The highest BCUT2D eigenvalue weighted by atomic mass is 16.5. The molecule has 1 unspecified atom stereocenters. The van der Waals surface area contributed by atoms with Gasteiger partial charge in [-0.25, -0.2) is 9.30 Å². The van der Waals surface area contributed by atoms with Crippen molar-refractivity contribution in [3.05, 3.63) is 63.9 Å². The van der Waals surface area contributed by atoms with Crippen LogP contribution in [-0.4, -0.2) is 22.8 Å². The lowest BCUT2D eigenvalue weighted by molar-refractivity contribution is -0.621. The van der Waals surface area contributed by atoms with E-state index in [1.807, 2.05) is 37.5 Å². The highest BCUT2D eigenvalue weighted by Crippen LogP contribution is 2.34. The Balaban J connectivity index is 2.75. The van der Waals surface area contributed by atoms with E-state index in [9.17, 15) is 15.1 Å². The van der Waals surface area contributed by atoms with Crippen molar-refractivity contribution >= 4 is 5.97 Å². The standard InChI is InChI=1S/C20H26N2O4/c1-7-10-21-14(4)15(5)22(25)20(21)17(11-19(23)24)16-8-9-18(26-6)13(3)12(16)2/h7-9,17H,1,10-11H2,2-6H3,(H,23,24). The minimum Gasteiger partial charge on any atom is -0.711 e. The van der Waals surface area contributed by atoms with Crippen molar-refractivity contribution in [3.8, 4) is 5.75 Å². The number of imidazole rings is 1.